The minimum Gasteiger partial charge on any atom is -0.369 e. The highest BCUT2D eigenvalue weighted by atomic mass is 35.5. The Morgan fingerprint density at radius 3 is 2.81 bits per heavy atom. The molecule has 0 unspecified atom stereocenters. The molecule has 7 heteroatoms. The zero-order chi connectivity index (χ0) is 15.2. The maximum absolute atomic E-state index is 12.1. The fraction of sp³-hybridized carbons (Fsp3) is 0.143. The highest BCUT2D eigenvalue weighted by Crippen LogP contribution is 2.23. The van der Waals surface area contributed by atoms with E-state index in [1.54, 1.807) is 12.1 Å². The van der Waals surface area contributed by atoms with Crippen molar-refractivity contribution in [3.05, 3.63) is 46.9 Å². The summed E-state index contributed by atoms with van der Waals surface area (Å²) in [6, 6.07) is 6.61. The monoisotopic (exact) mass is 301 g/mol. The van der Waals surface area contributed by atoms with Gasteiger partial charge in [0.05, 0.1) is 34.7 Å². The van der Waals surface area contributed by atoms with Gasteiger partial charge in [-0.25, -0.2) is 9.97 Å². The molecule has 0 spiro atoms. The molecule has 1 aromatic carbocycles. The maximum Gasteiger partial charge on any atom is 0.275 e. The van der Waals surface area contributed by atoms with Crippen molar-refractivity contribution in [2.75, 3.05) is 17.2 Å². The molecule has 1 heterocycles. The summed E-state index contributed by atoms with van der Waals surface area (Å²) >= 11 is 5.98. The van der Waals surface area contributed by atoms with Gasteiger partial charge in [0, 0.05) is 6.54 Å². The van der Waals surface area contributed by atoms with Crippen LogP contribution in [0.1, 0.15) is 23.0 Å². The first-order valence-electron chi connectivity index (χ1n) is 6.21. The molecule has 21 heavy (non-hydrogen) atoms. The van der Waals surface area contributed by atoms with Crippen LogP contribution in [-0.4, -0.2) is 22.4 Å². The minimum atomic E-state index is -0.442. The largest absolute Gasteiger partial charge is 0.369 e. The van der Waals surface area contributed by atoms with E-state index in [2.05, 4.69) is 20.6 Å². The topological polar surface area (TPSA) is 90.7 Å². The highest BCUT2D eigenvalue weighted by molar-refractivity contribution is 6.33. The third kappa shape index (κ3) is 3.68. The third-order valence-electron chi connectivity index (χ3n) is 2.59. The molecule has 0 aliphatic heterocycles. The molecule has 6 nitrogen and oxygen atoms in total. The number of nitriles is 1. The van der Waals surface area contributed by atoms with E-state index in [4.69, 9.17) is 16.9 Å². The molecule has 0 aliphatic rings. The predicted molar refractivity (Wildman–Crippen MR) is 80.3 cm³/mol. The van der Waals surface area contributed by atoms with Crippen LogP contribution in [0.2, 0.25) is 5.02 Å². The van der Waals surface area contributed by atoms with Gasteiger partial charge < -0.3 is 10.6 Å². The van der Waals surface area contributed by atoms with Crippen LogP contribution in [0.3, 0.4) is 0 Å². The van der Waals surface area contributed by atoms with Crippen LogP contribution in [0, 0.1) is 11.3 Å². The van der Waals surface area contributed by atoms with E-state index in [-0.39, 0.29) is 5.69 Å². The normalized spacial score (nSPS) is 9.76. The maximum atomic E-state index is 12.1. The van der Waals surface area contributed by atoms with Gasteiger partial charge in [-0.3, -0.25) is 4.79 Å². The van der Waals surface area contributed by atoms with Crippen molar-refractivity contribution in [2.45, 2.75) is 6.92 Å². The smallest absolute Gasteiger partial charge is 0.275 e. The van der Waals surface area contributed by atoms with E-state index in [0.717, 1.165) is 6.54 Å². The zero-order valence-electron chi connectivity index (χ0n) is 11.2. The van der Waals surface area contributed by atoms with E-state index >= 15 is 0 Å². The van der Waals surface area contributed by atoms with Crippen LogP contribution in [0.4, 0.5) is 11.5 Å². The van der Waals surface area contributed by atoms with Crippen molar-refractivity contribution >= 4 is 29.0 Å². The van der Waals surface area contributed by atoms with Gasteiger partial charge in [0.25, 0.3) is 5.91 Å². The average Bonchev–Trinajstić information content (AvgIpc) is 2.50. The Kier molecular flexibility index (Phi) is 4.69. The number of carbonyl (C=O) groups is 1. The van der Waals surface area contributed by atoms with Crippen LogP contribution in [0.25, 0.3) is 0 Å². The standard InChI is InChI=1S/C14H12ClN5O/c1-2-17-13-8-18-12(7-19-13)14(21)20-11-5-9(6-16)3-4-10(11)15/h3-5,7-8H,2H2,1H3,(H,17,19)(H,20,21). The van der Waals surface area contributed by atoms with Crippen LogP contribution in [0.5, 0.6) is 0 Å². The van der Waals surface area contributed by atoms with Crippen LogP contribution >= 0.6 is 11.6 Å². The van der Waals surface area contributed by atoms with E-state index in [0.29, 0.717) is 22.1 Å². The molecule has 2 N–H and O–H groups in total. The molecule has 106 valence electrons. The molecular formula is C14H12ClN5O. The first-order chi connectivity index (χ1) is 10.1. The summed E-state index contributed by atoms with van der Waals surface area (Å²) in [5.74, 6) is 0.154. The Bertz CT molecular complexity index is 694. The second-order valence-electron chi connectivity index (χ2n) is 4.08. The number of hydrogen-bond acceptors (Lipinski definition) is 5. The summed E-state index contributed by atoms with van der Waals surface area (Å²) < 4.78 is 0. The number of amides is 1. The number of nitrogens with zero attached hydrogens (tertiary/aromatic N) is 3. The number of anilines is 2. The molecule has 1 aromatic heterocycles. The Morgan fingerprint density at radius 2 is 2.19 bits per heavy atom. The van der Waals surface area contributed by atoms with Gasteiger partial charge in [-0.2, -0.15) is 5.26 Å². The second-order valence-corrected chi connectivity index (χ2v) is 4.48. The molecule has 0 aliphatic carbocycles. The quantitative estimate of drug-likeness (QED) is 0.906. The van der Waals surface area contributed by atoms with Gasteiger partial charge in [-0.15, -0.1) is 0 Å². The molecule has 2 rings (SSSR count). The summed E-state index contributed by atoms with van der Waals surface area (Å²) in [6.07, 6.45) is 2.85. The summed E-state index contributed by atoms with van der Waals surface area (Å²) in [5, 5.41) is 14.8. The molecule has 0 saturated heterocycles. The summed E-state index contributed by atoms with van der Waals surface area (Å²) in [5.41, 5.74) is 0.927. The lowest BCUT2D eigenvalue weighted by atomic mass is 10.2. The Balaban J connectivity index is 2.16. The van der Waals surface area contributed by atoms with Gasteiger partial charge in [0.1, 0.15) is 11.5 Å². The molecule has 0 atom stereocenters. The number of carbonyl (C=O) groups excluding carboxylic acids is 1. The lowest BCUT2D eigenvalue weighted by molar-refractivity contribution is 0.102. The fourth-order valence-corrected chi connectivity index (χ4v) is 1.76. The van der Waals surface area contributed by atoms with Crippen LogP contribution < -0.4 is 10.6 Å². The Labute approximate surface area is 126 Å². The van der Waals surface area contributed by atoms with Crippen LogP contribution in [0.15, 0.2) is 30.6 Å². The van der Waals surface area contributed by atoms with E-state index in [1.165, 1.54) is 18.5 Å². The van der Waals surface area contributed by atoms with Crippen molar-refractivity contribution in [1.29, 1.82) is 5.26 Å². The van der Waals surface area contributed by atoms with E-state index < -0.39 is 5.91 Å². The van der Waals surface area contributed by atoms with Gasteiger partial charge in [-0.1, -0.05) is 11.6 Å². The SMILES string of the molecule is CCNc1cnc(C(=O)Nc2cc(C#N)ccc2Cl)cn1. The molecular weight excluding hydrogens is 290 g/mol. The first-order valence-corrected chi connectivity index (χ1v) is 6.58. The fourth-order valence-electron chi connectivity index (χ4n) is 1.59. The molecule has 2 aromatic rings. The lowest BCUT2D eigenvalue weighted by Crippen LogP contribution is -2.15. The average molecular weight is 302 g/mol. The summed E-state index contributed by atoms with van der Waals surface area (Å²) in [6.45, 7) is 2.66. The first kappa shape index (κ1) is 14.8. The van der Waals surface area contributed by atoms with Crippen molar-refractivity contribution in [3.8, 4) is 6.07 Å². The van der Waals surface area contributed by atoms with Crippen LogP contribution in [-0.2, 0) is 0 Å². The second kappa shape index (κ2) is 6.68. The molecule has 0 fully saturated rings. The number of nitrogens with one attached hydrogen (secondary N) is 2. The number of rotatable bonds is 4. The number of halogens is 1. The van der Waals surface area contributed by atoms with Crippen molar-refractivity contribution in [2.24, 2.45) is 0 Å². The third-order valence-corrected chi connectivity index (χ3v) is 2.92. The zero-order valence-corrected chi connectivity index (χ0v) is 12.0. The van der Waals surface area contributed by atoms with Crippen molar-refractivity contribution in [1.82, 2.24) is 9.97 Å². The molecule has 0 radical (unpaired) electrons. The van der Waals surface area contributed by atoms with E-state index in [1.807, 2.05) is 13.0 Å². The van der Waals surface area contributed by atoms with Gasteiger partial charge in [0.15, 0.2) is 0 Å². The number of aromatic nitrogens is 2. The highest BCUT2D eigenvalue weighted by Gasteiger charge is 2.11. The van der Waals surface area contributed by atoms with E-state index in [9.17, 15) is 4.79 Å². The van der Waals surface area contributed by atoms with Crippen molar-refractivity contribution in [3.63, 3.8) is 0 Å². The lowest BCUT2D eigenvalue weighted by Gasteiger charge is -2.07. The predicted octanol–water partition coefficient (Wildman–Crippen LogP) is 2.69. The minimum absolute atomic E-state index is 0.162. The Hall–Kier alpha value is -2.65. The van der Waals surface area contributed by atoms with Gasteiger partial charge in [-0.05, 0) is 25.1 Å². The molecule has 0 saturated carbocycles. The Morgan fingerprint density at radius 1 is 1.38 bits per heavy atom. The molecule has 1 amide bonds. The van der Waals surface area contributed by atoms with Gasteiger partial charge >= 0.3 is 0 Å². The number of hydrogen-bond donors (Lipinski definition) is 2. The summed E-state index contributed by atoms with van der Waals surface area (Å²) in [4.78, 5) is 20.1. The summed E-state index contributed by atoms with van der Waals surface area (Å²) in [7, 11) is 0. The van der Waals surface area contributed by atoms with Gasteiger partial charge in [0.2, 0.25) is 0 Å². The number of benzene rings is 1. The molecule has 0 bridgehead atoms. The van der Waals surface area contributed by atoms with Crippen molar-refractivity contribution < 1.29 is 4.79 Å².